The summed E-state index contributed by atoms with van der Waals surface area (Å²) in [6, 6.07) is 0. The molecule has 0 radical (unpaired) electrons. The lowest BCUT2D eigenvalue weighted by atomic mass is 9.96. The van der Waals surface area contributed by atoms with Gasteiger partial charge in [-0.3, -0.25) is 4.98 Å². The van der Waals surface area contributed by atoms with E-state index in [1.807, 2.05) is 6.92 Å². The van der Waals surface area contributed by atoms with Crippen LogP contribution in [0.1, 0.15) is 29.8 Å². The predicted octanol–water partition coefficient (Wildman–Crippen LogP) is 3.58. The molecule has 0 spiro atoms. The number of halogens is 2. The van der Waals surface area contributed by atoms with Crippen LogP contribution in [0.4, 0.5) is 0 Å². The first kappa shape index (κ1) is 9.29. The Hall–Kier alpha value is -0.270. The quantitative estimate of drug-likeness (QED) is 0.645. The number of rotatable bonds is 0. The molecular formula is C10H11Cl2N. The van der Waals surface area contributed by atoms with Crippen LogP contribution >= 0.6 is 23.2 Å². The average molecular weight is 216 g/mol. The third kappa shape index (κ3) is 1.55. The molecule has 1 aromatic rings. The second kappa shape index (κ2) is 3.47. The molecule has 0 fully saturated rings. The zero-order valence-corrected chi connectivity index (χ0v) is 9.04. The number of aromatic nitrogens is 1. The first-order valence-electron chi connectivity index (χ1n) is 4.53. The third-order valence-corrected chi connectivity index (χ3v) is 3.49. The van der Waals surface area contributed by atoms with E-state index in [1.54, 1.807) is 0 Å². The van der Waals surface area contributed by atoms with Gasteiger partial charge in [0, 0.05) is 5.69 Å². The summed E-state index contributed by atoms with van der Waals surface area (Å²) in [5.41, 5.74) is 3.17. The zero-order valence-electron chi connectivity index (χ0n) is 7.53. The summed E-state index contributed by atoms with van der Waals surface area (Å²) in [4.78, 5) is 4.46. The van der Waals surface area contributed by atoms with Crippen LogP contribution in [-0.4, -0.2) is 4.98 Å². The van der Waals surface area contributed by atoms with Crippen molar-refractivity contribution in [1.29, 1.82) is 0 Å². The summed E-state index contributed by atoms with van der Waals surface area (Å²) in [5, 5.41) is 1.35. The molecule has 3 heteroatoms. The Bertz CT molecular complexity index is 347. The van der Waals surface area contributed by atoms with E-state index in [1.165, 1.54) is 18.4 Å². The summed E-state index contributed by atoms with van der Waals surface area (Å²) in [6.45, 7) is 1.91. The van der Waals surface area contributed by atoms with Crippen molar-refractivity contribution in [3.05, 3.63) is 27.0 Å². The average Bonchev–Trinajstić information content (AvgIpc) is 2.15. The predicted molar refractivity (Wildman–Crippen MR) is 55.6 cm³/mol. The number of nitrogens with zero attached hydrogens (tertiary/aromatic N) is 1. The summed E-state index contributed by atoms with van der Waals surface area (Å²) in [7, 11) is 0. The molecule has 0 saturated carbocycles. The molecule has 2 rings (SSSR count). The maximum atomic E-state index is 6.14. The fourth-order valence-electron chi connectivity index (χ4n) is 1.79. The third-order valence-electron chi connectivity index (χ3n) is 2.52. The van der Waals surface area contributed by atoms with Gasteiger partial charge in [0.25, 0.3) is 0 Å². The van der Waals surface area contributed by atoms with Gasteiger partial charge in [-0.15, -0.1) is 0 Å². The molecular weight excluding hydrogens is 205 g/mol. The van der Waals surface area contributed by atoms with Gasteiger partial charge in [-0.2, -0.15) is 0 Å². The Balaban J connectivity index is 2.60. The zero-order chi connectivity index (χ0) is 9.42. The second-order valence-corrected chi connectivity index (χ2v) is 4.21. The molecule has 1 aromatic heterocycles. The molecule has 0 N–H and O–H groups in total. The summed E-state index contributed by atoms with van der Waals surface area (Å²) >= 11 is 12.2. The molecule has 1 aliphatic carbocycles. The van der Waals surface area contributed by atoms with Gasteiger partial charge in [0.1, 0.15) is 0 Å². The molecule has 1 heterocycles. The van der Waals surface area contributed by atoms with Crippen LogP contribution in [0.25, 0.3) is 0 Å². The maximum Gasteiger partial charge on any atom is 0.0807 e. The number of fused-ring (bicyclic) bond motifs is 1. The molecule has 70 valence electrons. The first-order valence-corrected chi connectivity index (χ1v) is 5.29. The summed E-state index contributed by atoms with van der Waals surface area (Å²) in [6.07, 6.45) is 4.50. The van der Waals surface area contributed by atoms with E-state index in [4.69, 9.17) is 23.2 Å². The van der Waals surface area contributed by atoms with Crippen molar-refractivity contribution in [2.24, 2.45) is 0 Å². The maximum absolute atomic E-state index is 6.14. The first-order chi connectivity index (χ1) is 6.20. The number of hydrogen-bond acceptors (Lipinski definition) is 1. The minimum atomic E-state index is 0.627. The fourth-order valence-corrected chi connectivity index (χ4v) is 2.29. The van der Waals surface area contributed by atoms with E-state index >= 15 is 0 Å². The van der Waals surface area contributed by atoms with E-state index in [0.717, 1.165) is 29.3 Å². The van der Waals surface area contributed by atoms with E-state index < -0.39 is 0 Å². The van der Waals surface area contributed by atoms with Crippen molar-refractivity contribution < 1.29 is 0 Å². The molecule has 0 amide bonds. The van der Waals surface area contributed by atoms with E-state index in [9.17, 15) is 0 Å². The van der Waals surface area contributed by atoms with Gasteiger partial charge in [0.2, 0.25) is 0 Å². The van der Waals surface area contributed by atoms with Crippen molar-refractivity contribution in [2.75, 3.05) is 0 Å². The van der Waals surface area contributed by atoms with Crippen LogP contribution < -0.4 is 0 Å². The van der Waals surface area contributed by atoms with Crippen molar-refractivity contribution >= 4 is 23.2 Å². The molecule has 0 aromatic carbocycles. The molecule has 13 heavy (non-hydrogen) atoms. The van der Waals surface area contributed by atoms with Gasteiger partial charge < -0.3 is 0 Å². The van der Waals surface area contributed by atoms with Gasteiger partial charge in [0.15, 0.2) is 0 Å². The van der Waals surface area contributed by atoms with Gasteiger partial charge in [-0.1, -0.05) is 23.2 Å². The molecule has 1 aliphatic rings. The molecule has 0 bridgehead atoms. The van der Waals surface area contributed by atoms with Crippen LogP contribution in [0.15, 0.2) is 0 Å². The minimum absolute atomic E-state index is 0.627. The summed E-state index contributed by atoms with van der Waals surface area (Å²) < 4.78 is 0. The molecule has 0 atom stereocenters. The topological polar surface area (TPSA) is 12.9 Å². The van der Waals surface area contributed by atoms with Gasteiger partial charge in [-0.05, 0) is 38.2 Å². The smallest absolute Gasteiger partial charge is 0.0807 e. The van der Waals surface area contributed by atoms with Gasteiger partial charge >= 0.3 is 0 Å². The fraction of sp³-hybridized carbons (Fsp3) is 0.500. The Morgan fingerprint density at radius 2 is 1.77 bits per heavy atom. The summed E-state index contributed by atoms with van der Waals surface area (Å²) in [5.74, 6) is 0. The standard InChI is InChI=1S/C10H11Cl2N/c1-6-9(11)10(12)7-4-2-3-5-8(7)13-6/h2-5H2,1H3. The highest BCUT2D eigenvalue weighted by molar-refractivity contribution is 6.42. The van der Waals surface area contributed by atoms with Gasteiger partial charge in [0.05, 0.1) is 15.7 Å². The van der Waals surface area contributed by atoms with Crippen molar-refractivity contribution in [3.8, 4) is 0 Å². The number of aryl methyl sites for hydroxylation is 2. The second-order valence-electron chi connectivity index (χ2n) is 3.46. The number of pyridine rings is 1. The van der Waals surface area contributed by atoms with Crippen molar-refractivity contribution in [1.82, 2.24) is 4.98 Å². The van der Waals surface area contributed by atoms with E-state index in [-0.39, 0.29) is 0 Å². The molecule has 0 saturated heterocycles. The largest absolute Gasteiger partial charge is 0.256 e. The van der Waals surface area contributed by atoms with E-state index in [0.29, 0.717) is 5.02 Å². The highest BCUT2D eigenvalue weighted by atomic mass is 35.5. The molecule has 1 nitrogen and oxygen atoms in total. The monoisotopic (exact) mass is 215 g/mol. The Kier molecular flexibility index (Phi) is 2.48. The highest BCUT2D eigenvalue weighted by Gasteiger charge is 2.17. The van der Waals surface area contributed by atoms with Crippen LogP contribution in [0.3, 0.4) is 0 Å². The normalized spacial score (nSPS) is 15.6. The van der Waals surface area contributed by atoms with Crippen LogP contribution in [0, 0.1) is 6.92 Å². The Morgan fingerprint density at radius 3 is 2.54 bits per heavy atom. The Morgan fingerprint density at radius 1 is 1.08 bits per heavy atom. The van der Waals surface area contributed by atoms with E-state index in [2.05, 4.69) is 4.98 Å². The molecule has 0 unspecified atom stereocenters. The highest BCUT2D eigenvalue weighted by Crippen LogP contribution is 2.33. The lowest BCUT2D eigenvalue weighted by molar-refractivity contribution is 0.665. The molecule has 0 aliphatic heterocycles. The van der Waals surface area contributed by atoms with Crippen molar-refractivity contribution in [2.45, 2.75) is 32.6 Å². The van der Waals surface area contributed by atoms with Crippen LogP contribution in [-0.2, 0) is 12.8 Å². The minimum Gasteiger partial charge on any atom is -0.256 e. The number of hydrogen-bond donors (Lipinski definition) is 0. The van der Waals surface area contributed by atoms with Gasteiger partial charge in [-0.25, -0.2) is 0 Å². The lowest BCUT2D eigenvalue weighted by Crippen LogP contribution is -2.07. The Labute approximate surface area is 88.1 Å². The van der Waals surface area contributed by atoms with Crippen molar-refractivity contribution in [3.63, 3.8) is 0 Å². The van der Waals surface area contributed by atoms with Crippen LogP contribution in [0.5, 0.6) is 0 Å². The SMILES string of the molecule is Cc1nc2c(c(Cl)c1Cl)CCCC2. The van der Waals surface area contributed by atoms with Crippen LogP contribution in [0.2, 0.25) is 10.0 Å². The lowest BCUT2D eigenvalue weighted by Gasteiger charge is -2.17.